The van der Waals surface area contributed by atoms with Crippen LogP contribution in [0.2, 0.25) is 0 Å². The Hall–Kier alpha value is -1.53. The molecule has 2 saturated heterocycles. The molecule has 3 rings (SSSR count). The van der Waals surface area contributed by atoms with Crippen molar-refractivity contribution in [2.24, 2.45) is 0 Å². The van der Waals surface area contributed by atoms with Crippen LogP contribution < -0.4 is 0 Å². The number of halogens is 2. The summed E-state index contributed by atoms with van der Waals surface area (Å²) in [5.74, 6) is -2.16. The van der Waals surface area contributed by atoms with Crippen molar-refractivity contribution in [3.63, 3.8) is 0 Å². The Morgan fingerprint density at radius 1 is 1.18 bits per heavy atom. The number of carbonyl (C=O) groups excluding carboxylic acids is 1. The van der Waals surface area contributed by atoms with E-state index < -0.39 is 11.6 Å². The third-order valence-corrected chi connectivity index (χ3v) is 4.31. The van der Waals surface area contributed by atoms with E-state index in [1.54, 1.807) is 4.90 Å². The van der Waals surface area contributed by atoms with Crippen LogP contribution in [0.1, 0.15) is 23.2 Å². The number of amides is 1. The Labute approximate surface area is 128 Å². The summed E-state index contributed by atoms with van der Waals surface area (Å²) in [6.07, 6.45) is 2.54. The predicted molar refractivity (Wildman–Crippen MR) is 77.7 cm³/mol. The molecule has 1 amide bonds. The van der Waals surface area contributed by atoms with E-state index in [0.29, 0.717) is 19.2 Å². The number of nitrogens with zero attached hydrogens (tertiary/aromatic N) is 2. The Bertz CT molecular complexity index is 539. The molecule has 120 valence electrons. The van der Waals surface area contributed by atoms with E-state index in [-0.39, 0.29) is 11.5 Å². The maximum atomic E-state index is 13.2. The molecule has 6 heteroatoms. The molecule has 1 aromatic carbocycles. The van der Waals surface area contributed by atoms with Gasteiger partial charge in [0.2, 0.25) is 0 Å². The fraction of sp³-hybridized carbons (Fsp3) is 0.562. The lowest BCUT2D eigenvalue weighted by Crippen LogP contribution is -2.50. The summed E-state index contributed by atoms with van der Waals surface area (Å²) in [7, 11) is 0. The molecule has 2 fully saturated rings. The van der Waals surface area contributed by atoms with Crippen LogP contribution in [0.15, 0.2) is 18.2 Å². The third-order valence-electron chi connectivity index (χ3n) is 4.31. The summed E-state index contributed by atoms with van der Waals surface area (Å²) < 4.78 is 31.8. The summed E-state index contributed by atoms with van der Waals surface area (Å²) in [5.41, 5.74) is 0.200. The van der Waals surface area contributed by atoms with E-state index >= 15 is 0 Å². The normalized spacial score (nSPS) is 23.0. The first-order chi connectivity index (χ1) is 10.6. The molecular weight excluding hydrogens is 290 g/mol. The van der Waals surface area contributed by atoms with Crippen LogP contribution in [0.4, 0.5) is 8.78 Å². The first-order valence-electron chi connectivity index (χ1n) is 7.72. The maximum Gasteiger partial charge on any atom is 0.254 e. The summed E-state index contributed by atoms with van der Waals surface area (Å²) >= 11 is 0. The number of ether oxygens (including phenoxy) is 1. The molecule has 0 aromatic heterocycles. The van der Waals surface area contributed by atoms with Crippen molar-refractivity contribution in [3.8, 4) is 0 Å². The van der Waals surface area contributed by atoms with Crippen LogP contribution in [0.25, 0.3) is 0 Å². The Kier molecular flexibility index (Phi) is 4.69. The zero-order chi connectivity index (χ0) is 15.5. The standard InChI is InChI=1S/C16H20F2N2O2/c17-14-4-3-12(10-15(14)18)16(21)20-7-5-19(6-8-20)11-13-2-1-9-22-13/h3-4,10,13H,1-2,5-9,11H2. The number of benzene rings is 1. The minimum absolute atomic E-state index is 0.200. The van der Waals surface area contributed by atoms with Crippen molar-refractivity contribution in [1.82, 2.24) is 9.80 Å². The zero-order valence-electron chi connectivity index (χ0n) is 12.4. The second kappa shape index (κ2) is 6.71. The fourth-order valence-electron chi connectivity index (χ4n) is 3.02. The van der Waals surface area contributed by atoms with Gasteiger partial charge < -0.3 is 9.64 Å². The highest BCUT2D eigenvalue weighted by molar-refractivity contribution is 5.94. The molecule has 2 aliphatic heterocycles. The van der Waals surface area contributed by atoms with Crippen molar-refractivity contribution in [2.45, 2.75) is 18.9 Å². The average Bonchev–Trinajstić information content (AvgIpc) is 3.03. The van der Waals surface area contributed by atoms with Crippen LogP contribution in [0, 0.1) is 11.6 Å². The molecule has 22 heavy (non-hydrogen) atoms. The van der Waals surface area contributed by atoms with Crippen LogP contribution >= 0.6 is 0 Å². The highest BCUT2D eigenvalue weighted by atomic mass is 19.2. The number of rotatable bonds is 3. The topological polar surface area (TPSA) is 32.8 Å². The largest absolute Gasteiger partial charge is 0.377 e. The lowest BCUT2D eigenvalue weighted by molar-refractivity contribution is 0.0432. The van der Waals surface area contributed by atoms with E-state index in [9.17, 15) is 13.6 Å². The summed E-state index contributed by atoms with van der Waals surface area (Å²) in [6.45, 7) is 4.53. The van der Waals surface area contributed by atoms with Gasteiger partial charge in [-0.2, -0.15) is 0 Å². The summed E-state index contributed by atoms with van der Waals surface area (Å²) in [5, 5.41) is 0. The second-order valence-corrected chi connectivity index (χ2v) is 5.86. The number of carbonyl (C=O) groups is 1. The highest BCUT2D eigenvalue weighted by Gasteiger charge is 2.25. The van der Waals surface area contributed by atoms with Gasteiger partial charge in [-0.05, 0) is 31.0 Å². The molecule has 0 bridgehead atoms. The highest BCUT2D eigenvalue weighted by Crippen LogP contribution is 2.16. The van der Waals surface area contributed by atoms with Gasteiger partial charge in [0.25, 0.3) is 5.91 Å². The van der Waals surface area contributed by atoms with Gasteiger partial charge in [-0.15, -0.1) is 0 Å². The van der Waals surface area contributed by atoms with Crippen LogP contribution in [0.3, 0.4) is 0 Å². The maximum absolute atomic E-state index is 13.2. The molecular formula is C16H20F2N2O2. The SMILES string of the molecule is O=C(c1ccc(F)c(F)c1)N1CCN(CC2CCCO2)CC1. The summed E-state index contributed by atoms with van der Waals surface area (Å²) in [6, 6.07) is 3.30. The van der Waals surface area contributed by atoms with Gasteiger partial charge in [0, 0.05) is 44.9 Å². The molecule has 0 aliphatic carbocycles. The Morgan fingerprint density at radius 3 is 2.59 bits per heavy atom. The monoisotopic (exact) mass is 310 g/mol. The molecule has 0 N–H and O–H groups in total. The minimum Gasteiger partial charge on any atom is -0.377 e. The fourth-order valence-corrected chi connectivity index (χ4v) is 3.02. The van der Waals surface area contributed by atoms with Crippen molar-refractivity contribution in [3.05, 3.63) is 35.4 Å². The molecule has 1 aromatic rings. The van der Waals surface area contributed by atoms with Gasteiger partial charge in [0.05, 0.1) is 6.10 Å². The average molecular weight is 310 g/mol. The number of hydrogen-bond acceptors (Lipinski definition) is 3. The smallest absolute Gasteiger partial charge is 0.254 e. The lowest BCUT2D eigenvalue weighted by atomic mass is 10.1. The Balaban J connectivity index is 1.53. The van der Waals surface area contributed by atoms with Crippen LogP contribution in [-0.4, -0.2) is 61.1 Å². The molecule has 1 atom stereocenters. The summed E-state index contributed by atoms with van der Waals surface area (Å²) in [4.78, 5) is 16.3. The zero-order valence-corrected chi connectivity index (χ0v) is 12.4. The van der Waals surface area contributed by atoms with Crippen LogP contribution in [-0.2, 0) is 4.74 Å². The third kappa shape index (κ3) is 3.44. The van der Waals surface area contributed by atoms with Gasteiger partial charge in [-0.1, -0.05) is 0 Å². The number of piperazine rings is 1. The van der Waals surface area contributed by atoms with E-state index in [2.05, 4.69) is 4.90 Å². The van der Waals surface area contributed by atoms with Crippen molar-refractivity contribution < 1.29 is 18.3 Å². The molecule has 4 nitrogen and oxygen atoms in total. The van der Waals surface area contributed by atoms with Gasteiger partial charge in [0.15, 0.2) is 11.6 Å². The van der Waals surface area contributed by atoms with E-state index in [4.69, 9.17) is 4.74 Å². The van der Waals surface area contributed by atoms with Crippen molar-refractivity contribution in [2.75, 3.05) is 39.3 Å². The van der Waals surface area contributed by atoms with Crippen molar-refractivity contribution >= 4 is 5.91 Å². The Morgan fingerprint density at radius 2 is 1.95 bits per heavy atom. The molecule has 2 heterocycles. The minimum atomic E-state index is -0.983. The first-order valence-corrected chi connectivity index (χ1v) is 7.72. The predicted octanol–water partition coefficient (Wildman–Crippen LogP) is 1.90. The van der Waals surface area contributed by atoms with E-state index in [1.807, 2.05) is 0 Å². The van der Waals surface area contributed by atoms with Crippen LogP contribution in [0.5, 0.6) is 0 Å². The van der Waals surface area contributed by atoms with Gasteiger partial charge in [-0.3, -0.25) is 9.69 Å². The second-order valence-electron chi connectivity index (χ2n) is 5.86. The number of hydrogen-bond donors (Lipinski definition) is 0. The molecule has 0 radical (unpaired) electrons. The first kappa shape index (κ1) is 15.4. The van der Waals surface area contributed by atoms with Crippen molar-refractivity contribution in [1.29, 1.82) is 0 Å². The quantitative estimate of drug-likeness (QED) is 0.855. The van der Waals surface area contributed by atoms with E-state index in [1.165, 1.54) is 6.07 Å². The molecule has 1 unspecified atom stereocenters. The molecule has 2 aliphatic rings. The molecule has 0 spiro atoms. The lowest BCUT2D eigenvalue weighted by Gasteiger charge is -2.35. The van der Waals surface area contributed by atoms with E-state index in [0.717, 1.165) is 51.2 Å². The van der Waals surface area contributed by atoms with Gasteiger partial charge in [0.1, 0.15) is 0 Å². The van der Waals surface area contributed by atoms with Gasteiger partial charge in [-0.25, -0.2) is 8.78 Å². The molecule has 0 saturated carbocycles. The van der Waals surface area contributed by atoms with Gasteiger partial charge >= 0.3 is 0 Å².